The number of piperidine rings is 1. The lowest BCUT2D eigenvalue weighted by atomic mass is 9.71. The van der Waals surface area contributed by atoms with Crippen molar-refractivity contribution in [2.75, 3.05) is 34.3 Å². The Balaban J connectivity index is 1.48. The van der Waals surface area contributed by atoms with Gasteiger partial charge < -0.3 is 23.8 Å². The second kappa shape index (κ2) is 5.12. The van der Waals surface area contributed by atoms with Crippen molar-refractivity contribution in [3.8, 4) is 0 Å². The number of cyclic esters (lactones) is 1. The largest absolute Gasteiger partial charge is 0.492 e. The van der Waals surface area contributed by atoms with Gasteiger partial charge >= 0.3 is 5.97 Å². The lowest BCUT2D eigenvalue weighted by Gasteiger charge is -2.48. The van der Waals surface area contributed by atoms with Gasteiger partial charge in [0.1, 0.15) is 5.76 Å². The molecule has 0 saturated carbocycles. The van der Waals surface area contributed by atoms with Crippen LogP contribution >= 0.6 is 0 Å². The molecule has 6 rings (SSSR count). The van der Waals surface area contributed by atoms with Gasteiger partial charge in [0.2, 0.25) is 11.5 Å². The molecule has 0 aromatic rings. The Labute approximate surface area is 165 Å². The number of nitrogens with zero attached hydrogens (tertiary/aromatic N) is 2. The van der Waals surface area contributed by atoms with Crippen molar-refractivity contribution in [2.24, 2.45) is 17.8 Å². The van der Waals surface area contributed by atoms with Crippen LogP contribution in [0.25, 0.3) is 0 Å². The number of allylic oxidation sites excluding steroid dienone is 1. The molecule has 8 atom stereocenters. The number of carbonyl (C=O) groups is 1. The third kappa shape index (κ3) is 1.64. The first-order valence-electron chi connectivity index (χ1n) is 10.3. The summed E-state index contributed by atoms with van der Waals surface area (Å²) in [7, 11) is 5.86. The topological polar surface area (TPSA) is 60.5 Å². The Kier molecular flexibility index (Phi) is 3.17. The monoisotopic (exact) mass is 388 g/mol. The summed E-state index contributed by atoms with van der Waals surface area (Å²) in [6, 6.07) is 0.457. The molecule has 7 heteroatoms. The van der Waals surface area contributed by atoms with Crippen LogP contribution in [0.2, 0.25) is 0 Å². The molecule has 5 fully saturated rings. The van der Waals surface area contributed by atoms with E-state index < -0.39 is 5.79 Å². The molecule has 0 aromatic carbocycles. The van der Waals surface area contributed by atoms with Gasteiger partial charge in [-0.3, -0.25) is 4.90 Å². The first-order chi connectivity index (χ1) is 13.3. The van der Waals surface area contributed by atoms with Gasteiger partial charge in [0.25, 0.3) is 0 Å². The standard InChI is InChI=1S/C21H28N2O5/c1-10-15-12-8-14-20(9-22(3)4)13(6-7-23(12)20)21(15,27-14)28-17(10)18-16(25-5)11(2)19(24)26-18/h10,12-15H,6-9H2,1-5H3/b18-17-/t10-,12-,13+,14-,15+,20+,21+/m0/s1. The smallest absolute Gasteiger partial charge is 0.343 e. The SMILES string of the molecule is COC1=C(C)C(=O)O/C1=C1\O[C@@]23O[C@H]4C[C@@H]([C@H]2[C@@H]1C)N1CC[C@@H]3[C@]41CN(C)C. The molecule has 1 spiro atoms. The second-order valence-corrected chi connectivity index (χ2v) is 9.55. The molecule has 7 nitrogen and oxygen atoms in total. The Morgan fingerprint density at radius 2 is 2.14 bits per heavy atom. The van der Waals surface area contributed by atoms with E-state index in [1.54, 1.807) is 14.0 Å². The highest BCUT2D eigenvalue weighted by molar-refractivity contribution is 5.93. The number of carbonyl (C=O) groups excluding carboxylic acids is 1. The zero-order chi connectivity index (χ0) is 19.6. The van der Waals surface area contributed by atoms with E-state index in [-0.39, 0.29) is 29.4 Å². The van der Waals surface area contributed by atoms with E-state index in [0.717, 1.165) is 31.7 Å². The predicted molar refractivity (Wildman–Crippen MR) is 98.7 cm³/mol. The molecule has 6 aliphatic rings. The summed E-state index contributed by atoms with van der Waals surface area (Å²) >= 11 is 0. The van der Waals surface area contributed by atoms with E-state index in [1.807, 2.05) is 0 Å². The minimum Gasteiger partial charge on any atom is -0.492 e. The molecule has 6 heterocycles. The van der Waals surface area contributed by atoms with Crippen LogP contribution in [0.4, 0.5) is 0 Å². The van der Waals surface area contributed by atoms with Crippen molar-refractivity contribution in [3.63, 3.8) is 0 Å². The molecule has 5 saturated heterocycles. The highest BCUT2D eigenvalue weighted by Gasteiger charge is 2.84. The van der Waals surface area contributed by atoms with Crippen LogP contribution in [0.15, 0.2) is 22.9 Å². The zero-order valence-electron chi connectivity index (χ0n) is 17.2. The quantitative estimate of drug-likeness (QED) is 0.679. The van der Waals surface area contributed by atoms with Crippen molar-refractivity contribution >= 4 is 5.97 Å². The van der Waals surface area contributed by atoms with Crippen LogP contribution in [-0.2, 0) is 23.7 Å². The van der Waals surface area contributed by atoms with Crippen LogP contribution in [-0.4, -0.2) is 73.5 Å². The number of hydrogen-bond acceptors (Lipinski definition) is 7. The van der Waals surface area contributed by atoms with Crippen molar-refractivity contribution in [1.82, 2.24) is 9.80 Å². The number of likely N-dealkylation sites (N-methyl/N-ethyl adjacent to an activating group) is 1. The molecule has 0 aromatic heterocycles. The van der Waals surface area contributed by atoms with E-state index in [1.165, 1.54) is 0 Å². The molecule has 1 unspecified atom stereocenters. The number of rotatable bonds is 3. The van der Waals surface area contributed by atoms with Crippen LogP contribution in [0.5, 0.6) is 0 Å². The predicted octanol–water partition coefficient (Wildman–Crippen LogP) is 1.46. The van der Waals surface area contributed by atoms with E-state index in [2.05, 4.69) is 30.8 Å². The highest BCUT2D eigenvalue weighted by atomic mass is 16.7. The first kappa shape index (κ1) is 17.3. The highest BCUT2D eigenvalue weighted by Crippen LogP contribution is 2.72. The average molecular weight is 388 g/mol. The third-order valence-corrected chi connectivity index (χ3v) is 8.17. The average Bonchev–Trinajstić information content (AvgIpc) is 3.33. The molecule has 5 bridgehead atoms. The maximum Gasteiger partial charge on any atom is 0.343 e. The summed E-state index contributed by atoms with van der Waals surface area (Å²) < 4.78 is 24.6. The molecule has 0 amide bonds. The molecular formula is C21H28N2O5. The van der Waals surface area contributed by atoms with E-state index in [4.69, 9.17) is 18.9 Å². The van der Waals surface area contributed by atoms with Gasteiger partial charge in [-0.25, -0.2) is 4.79 Å². The van der Waals surface area contributed by atoms with Crippen molar-refractivity contribution in [2.45, 2.75) is 50.2 Å². The summed E-state index contributed by atoms with van der Waals surface area (Å²) in [5.74, 6) is 1.44. The summed E-state index contributed by atoms with van der Waals surface area (Å²) in [4.78, 5) is 17.2. The number of hydrogen-bond donors (Lipinski definition) is 0. The fourth-order valence-electron chi connectivity index (χ4n) is 7.51. The summed E-state index contributed by atoms with van der Waals surface area (Å²) in [6.45, 7) is 6.04. The molecule has 6 aliphatic heterocycles. The lowest BCUT2D eigenvalue weighted by molar-refractivity contribution is -0.256. The first-order valence-corrected chi connectivity index (χ1v) is 10.3. The normalized spacial score (nSPS) is 52.7. The third-order valence-electron chi connectivity index (χ3n) is 8.17. The van der Waals surface area contributed by atoms with Crippen LogP contribution in [0.1, 0.15) is 26.7 Å². The summed E-state index contributed by atoms with van der Waals surface area (Å²) in [6.07, 6.45) is 2.38. The van der Waals surface area contributed by atoms with Gasteiger partial charge in [0, 0.05) is 24.4 Å². The van der Waals surface area contributed by atoms with Crippen molar-refractivity contribution < 1.29 is 23.7 Å². The number of fused-ring (bicyclic) bond motifs is 1. The molecule has 0 radical (unpaired) electrons. The minimum absolute atomic E-state index is 0.0483. The second-order valence-electron chi connectivity index (χ2n) is 9.55. The van der Waals surface area contributed by atoms with Crippen molar-refractivity contribution in [3.05, 3.63) is 22.9 Å². The molecule has 0 N–H and O–H groups in total. The Hall–Kier alpha value is -1.57. The molecule has 152 valence electrons. The molecule has 0 aliphatic carbocycles. The molecular weight excluding hydrogens is 360 g/mol. The summed E-state index contributed by atoms with van der Waals surface area (Å²) in [5.41, 5.74) is 0.546. The van der Waals surface area contributed by atoms with Gasteiger partial charge in [-0.1, -0.05) is 6.92 Å². The van der Waals surface area contributed by atoms with Crippen LogP contribution in [0.3, 0.4) is 0 Å². The number of methoxy groups -OCH3 is 1. The van der Waals surface area contributed by atoms with Gasteiger partial charge in [0.05, 0.1) is 30.2 Å². The van der Waals surface area contributed by atoms with E-state index in [0.29, 0.717) is 29.1 Å². The van der Waals surface area contributed by atoms with Gasteiger partial charge in [-0.05, 0) is 40.4 Å². The van der Waals surface area contributed by atoms with E-state index in [9.17, 15) is 4.79 Å². The zero-order valence-corrected chi connectivity index (χ0v) is 17.2. The fourth-order valence-corrected chi connectivity index (χ4v) is 7.51. The number of ether oxygens (including phenoxy) is 4. The maximum atomic E-state index is 12.2. The number of esters is 1. The Morgan fingerprint density at radius 3 is 2.86 bits per heavy atom. The Bertz CT molecular complexity index is 850. The van der Waals surface area contributed by atoms with Crippen LogP contribution < -0.4 is 0 Å². The van der Waals surface area contributed by atoms with Gasteiger partial charge in [0.15, 0.2) is 5.76 Å². The minimum atomic E-state index is -0.597. The van der Waals surface area contributed by atoms with Crippen LogP contribution in [0, 0.1) is 17.8 Å². The van der Waals surface area contributed by atoms with Gasteiger partial charge in [-0.2, -0.15) is 0 Å². The fraction of sp³-hybridized carbons (Fsp3) is 0.762. The lowest BCUT2D eigenvalue weighted by Crippen LogP contribution is -2.63. The van der Waals surface area contributed by atoms with E-state index >= 15 is 0 Å². The summed E-state index contributed by atoms with van der Waals surface area (Å²) in [5, 5.41) is 0. The van der Waals surface area contributed by atoms with Crippen molar-refractivity contribution in [1.29, 1.82) is 0 Å². The maximum absolute atomic E-state index is 12.2. The van der Waals surface area contributed by atoms with Gasteiger partial charge in [-0.15, -0.1) is 0 Å². The molecule has 28 heavy (non-hydrogen) atoms. The Morgan fingerprint density at radius 1 is 1.36 bits per heavy atom.